The van der Waals surface area contributed by atoms with E-state index in [0.29, 0.717) is 17.2 Å². The van der Waals surface area contributed by atoms with Gasteiger partial charge in [-0.1, -0.05) is 39.0 Å². The molecule has 6 nitrogen and oxygen atoms in total. The first kappa shape index (κ1) is 20.6. The zero-order valence-corrected chi connectivity index (χ0v) is 18.3. The molecular weight excluding hydrogens is 398 g/mol. The fourth-order valence-corrected chi connectivity index (χ4v) is 5.84. The van der Waals surface area contributed by atoms with Crippen LogP contribution >= 0.6 is 0 Å². The van der Waals surface area contributed by atoms with E-state index in [0.717, 1.165) is 18.6 Å². The van der Waals surface area contributed by atoms with Crippen LogP contribution in [-0.4, -0.2) is 20.0 Å². The quantitative estimate of drug-likeness (QED) is 0.695. The summed E-state index contributed by atoms with van der Waals surface area (Å²) in [6.07, 6.45) is 3.23. The van der Waals surface area contributed by atoms with Gasteiger partial charge in [-0.15, -0.1) is 0 Å². The van der Waals surface area contributed by atoms with Crippen molar-refractivity contribution in [1.29, 1.82) is 0 Å². The number of hydrazone groups is 1. The molecule has 0 heterocycles. The van der Waals surface area contributed by atoms with Gasteiger partial charge in [0.15, 0.2) is 0 Å². The van der Waals surface area contributed by atoms with E-state index >= 15 is 0 Å². The van der Waals surface area contributed by atoms with Gasteiger partial charge in [-0.2, -0.15) is 5.10 Å². The standard InChI is InChI=1S/C23H27N3O3S/c1-22(2)17-13-14-23(22,3)20(15-17)24-25-21(27)16-9-11-19(12-10-16)30(28,29)26-18-7-5-4-6-8-18/h4-12,17,26H,13-15H2,1-3H3,(H,25,27)/b24-20+/t17-,23-/m1/s1. The SMILES string of the molecule is CC1(C)[C@@H]2CC[C@]1(C)/C(=N/NC(=O)c1ccc(S(=O)(=O)Nc3ccccc3)cc1)C2. The summed E-state index contributed by atoms with van der Waals surface area (Å²) in [4.78, 5) is 12.6. The van der Waals surface area contributed by atoms with Gasteiger partial charge in [-0.25, -0.2) is 13.8 Å². The van der Waals surface area contributed by atoms with Crippen molar-refractivity contribution in [3.8, 4) is 0 Å². The summed E-state index contributed by atoms with van der Waals surface area (Å²) in [5.41, 5.74) is 4.79. The minimum atomic E-state index is -3.72. The molecule has 0 unspecified atom stereocenters. The van der Waals surface area contributed by atoms with Gasteiger partial charge in [0.25, 0.3) is 15.9 Å². The van der Waals surface area contributed by atoms with E-state index in [1.165, 1.54) is 30.7 Å². The van der Waals surface area contributed by atoms with Crippen molar-refractivity contribution in [2.75, 3.05) is 4.72 Å². The number of amides is 1. The highest BCUT2D eigenvalue weighted by Gasteiger charge is 2.60. The number of anilines is 1. The lowest BCUT2D eigenvalue weighted by atomic mass is 9.70. The summed E-state index contributed by atoms with van der Waals surface area (Å²) in [7, 11) is -3.72. The van der Waals surface area contributed by atoms with Crippen LogP contribution in [-0.2, 0) is 10.0 Å². The van der Waals surface area contributed by atoms with Crippen LogP contribution in [0.5, 0.6) is 0 Å². The molecule has 2 aromatic carbocycles. The first-order valence-electron chi connectivity index (χ1n) is 10.2. The Morgan fingerprint density at radius 3 is 2.27 bits per heavy atom. The van der Waals surface area contributed by atoms with Gasteiger partial charge in [0.05, 0.1) is 4.90 Å². The molecule has 4 rings (SSSR count). The summed E-state index contributed by atoms with van der Waals surface area (Å²) < 4.78 is 27.6. The number of benzene rings is 2. The van der Waals surface area contributed by atoms with Gasteiger partial charge >= 0.3 is 0 Å². The lowest BCUT2D eigenvalue weighted by Crippen LogP contribution is -2.34. The van der Waals surface area contributed by atoms with Crippen molar-refractivity contribution in [3.63, 3.8) is 0 Å². The Bertz CT molecular complexity index is 1090. The van der Waals surface area contributed by atoms with E-state index in [9.17, 15) is 13.2 Å². The van der Waals surface area contributed by atoms with E-state index in [1.54, 1.807) is 24.3 Å². The summed E-state index contributed by atoms with van der Waals surface area (Å²) in [5, 5.41) is 4.46. The fourth-order valence-electron chi connectivity index (χ4n) is 4.79. The van der Waals surface area contributed by atoms with Crippen molar-refractivity contribution in [2.45, 2.75) is 44.9 Å². The molecule has 2 atom stereocenters. The molecule has 0 radical (unpaired) electrons. The Morgan fingerprint density at radius 2 is 1.70 bits per heavy atom. The van der Waals surface area contributed by atoms with E-state index in [2.05, 4.69) is 36.0 Å². The molecule has 2 aliphatic carbocycles. The molecule has 0 aromatic heterocycles. The largest absolute Gasteiger partial charge is 0.280 e. The van der Waals surface area contributed by atoms with Crippen molar-refractivity contribution in [1.82, 2.24) is 5.43 Å². The second kappa shape index (κ2) is 7.23. The first-order valence-corrected chi connectivity index (χ1v) is 11.7. The molecule has 7 heteroatoms. The zero-order chi connectivity index (χ0) is 21.6. The topological polar surface area (TPSA) is 87.6 Å². The number of hydrogen-bond acceptors (Lipinski definition) is 4. The van der Waals surface area contributed by atoms with Gasteiger partial charge in [-0.05, 0) is 67.0 Å². The summed E-state index contributed by atoms with van der Waals surface area (Å²) >= 11 is 0. The molecular formula is C23H27N3O3S. The molecule has 0 aliphatic heterocycles. The third-order valence-electron chi connectivity index (χ3n) is 7.26. The average molecular weight is 426 g/mol. The van der Waals surface area contributed by atoms with E-state index in [4.69, 9.17) is 0 Å². The van der Waals surface area contributed by atoms with Crippen LogP contribution in [0.2, 0.25) is 0 Å². The third kappa shape index (κ3) is 3.41. The molecule has 2 N–H and O–H groups in total. The van der Waals surface area contributed by atoms with Crippen LogP contribution < -0.4 is 10.1 Å². The summed E-state index contributed by atoms with van der Waals surface area (Å²) in [6, 6.07) is 14.5. The second-order valence-electron chi connectivity index (χ2n) is 8.99. The number of para-hydroxylation sites is 1. The highest BCUT2D eigenvalue weighted by atomic mass is 32.2. The van der Waals surface area contributed by atoms with Crippen LogP contribution in [0.4, 0.5) is 5.69 Å². The molecule has 2 aliphatic rings. The number of sulfonamides is 1. The number of nitrogens with zero attached hydrogens (tertiary/aromatic N) is 1. The Kier molecular flexibility index (Phi) is 4.97. The maximum atomic E-state index is 12.5. The maximum absolute atomic E-state index is 12.5. The predicted molar refractivity (Wildman–Crippen MR) is 118 cm³/mol. The molecule has 30 heavy (non-hydrogen) atoms. The molecule has 2 fully saturated rings. The second-order valence-corrected chi connectivity index (χ2v) is 10.7. The van der Waals surface area contributed by atoms with Crippen molar-refractivity contribution < 1.29 is 13.2 Å². The molecule has 0 spiro atoms. The van der Waals surface area contributed by atoms with Crippen LogP contribution in [0.1, 0.15) is 50.4 Å². The van der Waals surface area contributed by atoms with Crippen molar-refractivity contribution in [2.24, 2.45) is 21.8 Å². The Morgan fingerprint density at radius 1 is 1.03 bits per heavy atom. The summed E-state index contributed by atoms with van der Waals surface area (Å²) in [5.74, 6) is 0.270. The normalized spacial score (nSPS) is 26.0. The number of carbonyl (C=O) groups excluding carboxylic acids is 1. The lowest BCUT2D eigenvalue weighted by molar-refractivity contribution is 0.0953. The molecule has 2 saturated carbocycles. The van der Waals surface area contributed by atoms with E-state index < -0.39 is 10.0 Å². The molecule has 0 saturated heterocycles. The Balaban J connectivity index is 1.45. The van der Waals surface area contributed by atoms with Gasteiger partial charge in [0, 0.05) is 22.4 Å². The average Bonchev–Trinajstić information content (AvgIpc) is 3.06. The smallest absolute Gasteiger partial charge is 0.271 e. The van der Waals surface area contributed by atoms with E-state index in [1.807, 2.05) is 6.07 Å². The van der Waals surface area contributed by atoms with Gasteiger partial charge < -0.3 is 0 Å². The third-order valence-corrected chi connectivity index (χ3v) is 8.65. The first-order chi connectivity index (χ1) is 14.1. The van der Waals surface area contributed by atoms with Gasteiger partial charge in [-0.3, -0.25) is 9.52 Å². The number of rotatable bonds is 5. The maximum Gasteiger partial charge on any atom is 0.271 e. The number of nitrogens with one attached hydrogen (secondary N) is 2. The van der Waals surface area contributed by atoms with Crippen LogP contribution in [0.15, 0.2) is 64.6 Å². The zero-order valence-electron chi connectivity index (χ0n) is 17.5. The number of hydrogen-bond donors (Lipinski definition) is 2. The Hall–Kier alpha value is -2.67. The highest BCUT2D eigenvalue weighted by molar-refractivity contribution is 7.92. The van der Waals surface area contributed by atoms with E-state index in [-0.39, 0.29) is 21.6 Å². The van der Waals surface area contributed by atoms with Crippen LogP contribution in [0.25, 0.3) is 0 Å². The predicted octanol–water partition coefficient (Wildman–Crippen LogP) is 4.42. The highest BCUT2D eigenvalue weighted by Crippen LogP contribution is 2.63. The van der Waals surface area contributed by atoms with Gasteiger partial charge in [0.2, 0.25) is 0 Å². The minimum Gasteiger partial charge on any atom is -0.280 e. The van der Waals surface area contributed by atoms with Crippen molar-refractivity contribution in [3.05, 3.63) is 60.2 Å². The number of carbonyl (C=O) groups is 1. The van der Waals surface area contributed by atoms with Gasteiger partial charge in [0.1, 0.15) is 0 Å². The minimum absolute atomic E-state index is 0.0198. The summed E-state index contributed by atoms with van der Waals surface area (Å²) in [6.45, 7) is 6.82. The number of fused-ring (bicyclic) bond motifs is 2. The van der Waals surface area contributed by atoms with Crippen LogP contribution in [0, 0.1) is 16.7 Å². The van der Waals surface area contributed by atoms with Crippen LogP contribution in [0.3, 0.4) is 0 Å². The van der Waals surface area contributed by atoms with Crippen molar-refractivity contribution >= 4 is 27.3 Å². The lowest BCUT2D eigenvalue weighted by Gasteiger charge is -2.34. The molecule has 1 amide bonds. The monoisotopic (exact) mass is 425 g/mol. The fraction of sp³-hybridized carbons (Fsp3) is 0.391. The Labute approximate surface area is 177 Å². The molecule has 158 valence electrons. The molecule has 2 aromatic rings. The molecule has 2 bridgehead atoms.